The summed E-state index contributed by atoms with van der Waals surface area (Å²) in [5.74, 6) is -2.30. The van der Waals surface area contributed by atoms with Crippen LogP contribution in [0.5, 0.6) is 0 Å². The maximum atomic E-state index is 13.4. The van der Waals surface area contributed by atoms with Crippen molar-refractivity contribution in [1.29, 1.82) is 0 Å². The van der Waals surface area contributed by atoms with Gasteiger partial charge < -0.3 is 11.1 Å². The molecular formula is C13H9BrF2N2O. The highest BCUT2D eigenvalue weighted by Crippen LogP contribution is 2.23. The molecule has 2 aromatic rings. The predicted molar refractivity (Wildman–Crippen MR) is 72.9 cm³/mol. The summed E-state index contributed by atoms with van der Waals surface area (Å²) in [6.07, 6.45) is 0. The van der Waals surface area contributed by atoms with Gasteiger partial charge in [0.1, 0.15) is 11.6 Å². The van der Waals surface area contributed by atoms with E-state index >= 15 is 0 Å². The average molecular weight is 327 g/mol. The lowest BCUT2D eigenvalue weighted by atomic mass is 10.2. The number of carbonyl (C=O) groups is 1. The second-order valence-corrected chi connectivity index (χ2v) is 4.67. The van der Waals surface area contributed by atoms with Crippen LogP contribution in [0.2, 0.25) is 0 Å². The van der Waals surface area contributed by atoms with Gasteiger partial charge in [0.05, 0.1) is 5.56 Å². The third-order valence-corrected chi connectivity index (χ3v) is 3.12. The van der Waals surface area contributed by atoms with Gasteiger partial charge in [-0.1, -0.05) is 0 Å². The van der Waals surface area contributed by atoms with Crippen molar-refractivity contribution in [3.8, 4) is 0 Å². The minimum absolute atomic E-state index is 0.227. The summed E-state index contributed by atoms with van der Waals surface area (Å²) < 4.78 is 26.8. The SMILES string of the molecule is Nc1ccc(NC(=O)c2ccc(F)cc2F)cc1Br. The van der Waals surface area contributed by atoms with E-state index in [1.54, 1.807) is 18.2 Å². The topological polar surface area (TPSA) is 55.1 Å². The Labute approximate surface area is 116 Å². The van der Waals surface area contributed by atoms with Crippen LogP contribution < -0.4 is 11.1 Å². The number of halogens is 3. The van der Waals surface area contributed by atoms with E-state index in [2.05, 4.69) is 21.2 Å². The molecule has 0 unspecified atom stereocenters. The zero-order valence-corrected chi connectivity index (χ0v) is 11.2. The number of benzene rings is 2. The Balaban J connectivity index is 2.23. The second kappa shape index (κ2) is 5.36. The molecule has 0 aliphatic carbocycles. The van der Waals surface area contributed by atoms with Gasteiger partial charge in [0, 0.05) is 21.9 Å². The van der Waals surface area contributed by atoms with E-state index in [4.69, 9.17) is 5.73 Å². The van der Waals surface area contributed by atoms with E-state index in [9.17, 15) is 13.6 Å². The van der Waals surface area contributed by atoms with Gasteiger partial charge in [-0.3, -0.25) is 4.79 Å². The van der Waals surface area contributed by atoms with Crippen molar-refractivity contribution in [3.63, 3.8) is 0 Å². The maximum Gasteiger partial charge on any atom is 0.258 e. The molecule has 0 aliphatic rings. The second-order valence-electron chi connectivity index (χ2n) is 3.81. The molecule has 98 valence electrons. The highest BCUT2D eigenvalue weighted by molar-refractivity contribution is 9.10. The smallest absolute Gasteiger partial charge is 0.258 e. The quantitative estimate of drug-likeness (QED) is 0.829. The van der Waals surface area contributed by atoms with Gasteiger partial charge in [-0.2, -0.15) is 0 Å². The molecule has 0 spiro atoms. The summed E-state index contributed by atoms with van der Waals surface area (Å²) in [6.45, 7) is 0. The van der Waals surface area contributed by atoms with Gasteiger partial charge >= 0.3 is 0 Å². The molecule has 0 atom stereocenters. The Kier molecular flexibility index (Phi) is 3.80. The fourth-order valence-electron chi connectivity index (χ4n) is 1.48. The first-order valence-electron chi connectivity index (χ1n) is 5.29. The minimum Gasteiger partial charge on any atom is -0.398 e. The number of anilines is 2. The number of hydrogen-bond donors (Lipinski definition) is 2. The first-order chi connectivity index (χ1) is 8.97. The normalized spacial score (nSPS) is 10.3. The van der Waals surface area contributed by atoms with Crippen molar-refractivity contribution in [3.05, 3.63) is 58.1 Å². The number of nitrogens with one attached hydrogen (secondary N) is 1. The van der Waals surface area contributed by atoms with Gasteiger partial charge in [0.25, 0.3) is 5.91 Å². The minimum atomic E-state index is -0.910. The van der Waals surface area contributed by atoms with Gasteiger partial charge in [-0.05, 0) is 46.3 Å². The number of nitrogens with two attached hydrogens (primary N) is 1. The Bertz CT molecular complexity index is 647. The Morgan fingerprint density at radius 2 is 1.89 bits per heavy atom. The Morgan fingerprint density at radius 1 is 1.16 bits per heavy atom. The molecule has 3 nitrogen and oxygen atoms in total. The van der Waals surface area contributed by atoms with E-state index in [0.717, 1.165) is 12.1 Å². The standard InChI is InChI=1S/C13H9BrF2N2O/c14-10-6-8(2-4-12(10)17)18-13(19)9-3-1-7(15)5-11(9)16/h1-6H,17H2,(H,18,19). The molecule has 6 heteroatoms. The van der Waals surface area contributed by atoms with E-state index in [1.807, 2.05) is 0 Å². The molecule has 0 heterocycles. The van der Waals surface area contributed by atoms with Crippen LogP contribution in [-0.2, 0) is 0 Å². The predicted octanol–water partition coefficient (Wildman–Crippen LogP) is 3.56. The van der Waals surface area contributed by atoms with Gasteiger partial charge in [0.15, 0.2) is 0 Å². The van der Waals surface area contributed by atoms with Crippen LogP contribution in [0, 0.1) is 11.6 Å². The highest BCUT2D eigenvalue weighted by Gasteiger charge is 2.13. The third kappa shape index (κ3) is 3.08. The van der Waals surface area contributed by atoms with E-state index in [0.29, 0.717) is 21.9 Å². The van der Waals surface area contributed by atoms with Crippen LogP contribution in [0.3, 0.4) is 0 Å². The fraction of sp³-hybridized carbons (Fsp3) is 0. The molecule has 3 N–H and O–H groups in total. The zero-order valence-electron chi connectivity index (χ0n) is 9.58. The lowest BCUT2D eigenvalue weighted by Gasteiger charge is -2.07. The zero-order chi connectivity index (χ0) is 14.0. The molecule has 0 aliphatic heterocycles. The molecule has 0 saturated carbocycles. The molecule has 0 aromatic heterocycles. The van der Waals surface area contributed by atoms with E-state index in [-0.39, 0.29) is 5.56 Å². The fourth-order valence-corrected chi connectivity index (χ4v) is 1.86. The number of rotatable bonds is 2. The first kappa shape index (κ1) is 13.5. The molecular weight excluding hydrogens is 318 g/mol. The summed E-state index contributed by atoms with van der Waals surface area (Å²) in [7, 11) is 0. The van der Waals surface area contributed by atoms with E-state index < -0.39 is 17.5 Å². The summed E-state index contributed by atoms with van der Waals surface area (Å²) in [4.78, 5) is 11.8. The van der Waals surface area contributed by atoms with Crippen molar-refractivity contribution >= 4 is 33.2 Å². The molecule has 0 fully saturated rings. The van der Waals surface area contributed by atoms with Crippen molar-refractivity contribution in [2.75, 3.05) is 11.1 Å². The van der Waals surface area contributed by atoms with Crippen LogP contribution in [0.4, 0.5) is 20.2 Å². The Morgan fingerprint density at radius 3 is 2.53 bits per heavy atom. The summed E-state index contributed by atoms with van der Waals surface area (Å²) in [5.41, 5.74) is 6.36. The summed E-state index contributed by atoms with van der Waals surface area (Å²) in [5, 5.41) is 2.50. The first-order valence-corrected chi connectivity index (χ1v) is 6.08. The molecule has 2 aromatic carbocycles. The summed E-state index contributed by atoms with van der Waals surface area (Å²) >= 11 is 3.22. The lowest BCUT2D eigenvalue weighted by Crippen LogP contribution is -2.14. The molecule has 0 saturated heterocycles. The van der Waals surface area contributed by atoms with Crippen LogP contribution >= 0.6 is 15.9 Å². The van der Waals surface area contributed by atoms with Gasteiger partial charge in [0.2, 0.25) is 0 Å². The number of hydrogen-bond acceptors (Lipinski definition) is 2. The summed E-state index contributed by atoms with van der Waals surface area (Å²) in [6, 6.07) is 7.55. The largest absolute Gasteiger partial charge is 0.398 e. The van der Waals surface area contributed by atoms with Crippen molar-refractivity contribution in [2.24, 2.45) is 0 Å². The highest BCUT2D eigenvalue weighted by atomic mass is 79.9. The molecule has 19 heavy (non-hydrogen) atoms. The number of carbonyl (C=O) groups excluding carboxylic acids is 1. The van der Waals surface area contributed by atoms with Crippen molar-refractivity contribution in [2.45, 2.75) is 0 Å². The maximum absolute atomic E-state index is 13.4. The molecule has 0 radical (unpaired) electrons. The van der Waals surface area contributed by atoms with Gasteiger partial charge in [-0.15, -0.1) is 0 Å². The Hall–Kier alpha value is -1.95. The third-order valence-electron chi connectivity index (χ3n) is 2.43. The lowest BCUT2D eigenvalue weighted by molar-refractivity contribution is 0.102. The number of amides is 1. The molecule has 2 rings (SSSR count). The average Bonchev–Trinajstić information content (AvgIpc) is 2.33. The van der Waals surface area contributed by atoms with Gasteiger partial charge in [-0.25, -0.2) is 8.78 Å². The van der Waals surface area contributed by atoms with Crippen LogP contribution in [0.25, 0.3) is 0 Å². The monoisotopic (exact) mass is 326 g/mol. The number of nitrogen functional groups attached to an aromatic ring is 1. The molecule has 1 amide bonds. The van der Waals surface area contributed by atoms with Crippen molar-refractivity contribution in [1.82, 2.24) is 0 Å². The van der Waals surface area contributed by atoms with Crippen LogP contribution in [0.15, 0.2) is 40.9 Å². The molecule has 0 bridgehead atoms. The van der Waals surface area contributed by atoms with Crippen LogP contribution in [0.1, 0.15) is 10.4 Å². The van der Waals surface area contributed by atoms with Crippen LogP contribution in [-0.4, -0.2) is 5.91 Å². The van der Waals surface area contributed by atoms with E-state index in [1.165, 1.54) is 0 Å². The van der Waals surface area contributed by atoms with Crippen molar-refractivity contribution < 1.29 is 13.6 Å².